The molecule has 2 rings (SSSR count). The number of carbonyl (C=O) groups excluding carboxylic acids is 1. The van der Waals surface area contributed by atoms with Crippen molar-refractivity contribution < 1.29 is 14.3 Å². The average Bonchev–Trinajstić information content (AvgIpc) is 2.46. The number of ether oxygens (including phenoxy) is 2. The minimum absolute atomic E-state index is 0.174. The highest BCUT2D eigenvalue weighted by Gasteiger charge is 2.10. The Balaban J connectivity index is 2.23. The third-order valence-electron chi connectivity index (χ3n) is 2.95. The van der Waals surface area contributed by atoms with E-state index in [9.17, 15) is 4.79 Å². The fourth-order valence-electron chi connectivity index (χ4n) is 1.98. The highest BCUT2D eigenvalue weighted by Crippen LogP contribution is 2.30. The van der Waals surface area contributed by atoms with Crippen molar-refractivity contribution in [3.05, 3.63) is 52.0 Å². The third kappa shape index (κ3) is 3.76. The van der Waals surface area contributed by atoms with Crippen LogP contribution in [0.2, 0.25) is 0 Å². The number of carbonyl (C=O) groups is 1. The summed E-state index contributed by atoms with van der Waals surface area (Å²) in [5.74, 6) is 1.01. The minimum Gasteiger partial charge on any atom is -0.493 e. The van der Waals surface area contributed by atoms with Gasteiger partial charge in [-0.25, -0.2) is 0 Å². The maximum absolute atomic E-state index is 12.3. The second-order valence-electron chi connectivity index (χ2n) is 4.54. The Morgan fingerprint density at radius 3 is 2.38 bits per heavy atom. The summed E-state index contributed by atoms with van der Waals surface area (Å²) in [6, 6.07) is 10.8. The highest BCUT2D eigenvalue weighted by atomic mass is 79.9. The summed E-state index contributed by atoms with van der Waals surface area (Å²) in [7, 11) is 3.13. The molecule has 0 saturated carbocycles. The Bertz CT molecular complexity index is 650. The van der Waals surface area contributed by atoms with E-state index in [1.807, 2.05) is 19.1 Å². The summed E-state index contributed by atoms with van der Waals surface area (Å²) in [6.07, 6.45) is 0. The highest BCUT2D eigenvalue weighted by molar-refractivity contribution is 9.10. The van der Waals surface area contributed by atoms with Gasteiger partial charge in [-0.3, -0.25) is 4.79 Å². The summed E-state index contributed by atoms with van der Waals surface area (Å²) in [4.78, 5) is 12.3. The number of halogens is 1. The van der Waals surface area contributed by atoms with Gasteiger partial charge in [-0.15, -0.1) is 0 Å². The second kappa shape index (κ2) is 6.63. The van der Waals surface area contributed by atoms with E-state index in [1.54, 1.807) is 38.5 Å². The summed E-state index contributed by atoms with van der Waals surface area (Å²) >= 11 is 3.39. The van der Waals surface area contributed by atoms with Crippen LogP contribution in [0.1, 0.15) is 15.9 Å². The number of hydrogen-bond acceptors (Lipinski definition) is 3. The first kappa shape index (κ1) is 15.4. The molecule has 21 heavy (non-hydrogen) atoms. The average molecular weight is 350 g/mol. The summed E-state index contributed by atoms with van der Waals surface area (Å²) in [6.45, 7) is 1.94. The van der Waals surface area contributed by atoms with E-state index in [1.165, 1.54) is 0 Å². The molecule has 0 aliphatic heterocycles. The van der Waals surface area contributed by atoms with E-state index in [4.69, 9.17) is 9.47 Å². The van der Waals surface area contributed by atoms with Crippen LogP contribution >= 0.6 is 15.9 Å². The van der Waals surface area contributed by atoms with Gasteiger partial charge >= 0.3 is 0 Å². The van der Waals surface area contributed by atoms with Crippen LogP contribution in [0.3, 0.4) is 0 Å². The fourth-order valence-corrected chi connectivity index (χ4v) is 2.59. The van der Waals surface area contributed by atoms with Crippen LogP contribution in [0.25, 0.3) is 0 Å². The first-order valence-corrected chi connectivity index (χ1v) is 7.13. The SMILES string of the molecule is COc1ccc(NC(=O)c2cc(C)cc(Br)c2)cc1OC. The molecular weight excluding hydrogens is 334 g/mol. The lowest BCUT2D eigenvalue weighted by Gasteiger charge is -2.11. The van der Waals surface area contributed by atoms with Crippen LogP contribution in [0.4, 0.5) is 5.69 Å². The number of rotatable bonds is 4. The van der Waals surface area contributed by atoms with Crippen LogP contribution in [0, 0.1) is 6.92 Å². The van der Waals surface area contributed by atoms with Gasteiger partial charge in [0, 0.05) is 21.8 Å². The molecule has 1 amide bonds. The zero-order valence-electron chi connectivity index (χ0n) is 12.1. The molecular formula is C16H16BrNO3. The summed E-state index contributed by atoms with van der Waals surface area (Å²) in [5.41, 5.74) is 2.26. The number of amides is 1. The predicted octanol–water partition coefficient (Wildman–Crippen LogP) is 4.03. The van der Waals surface area contributed by atoms with E-state index in [-0.39, 0.29) is 5.91 Å². The second-order valence-corrected chi connectivity index (χ2v) is 5.46. The van der Waals surface area contributed by atoms with Crippen molar-refractivity contribution in [2.24, 2.45) is 0 Å². The minimum atomic E-state index is -0.174. The number of anilines is 1. The monoisotopic (exact) mass is 349 g/mol. The molecule has 2 aromatic rings. The number of aryl methyl sites for hydroxylation is 1. The Morgan fingerprint density at radius 1 is 1.05 bits per heavy atom. The standard InChI is InChI=1S/C16H16BrNO3/c1-10-6-11(8-12(17)7-10)16(19)18-13-4-5-14(20-2)15(9-13)21-3/h4-9H,1-3H3,(H,18,19). The lowest BCUT2D eigenvalue weighted by molar-refractivity contribution is 0.102. The molecule has 0 aliphatic carbocycles. The van der Waals surface area contributed by atoms with Crippen molar-refractivity contribution in [3.8, 4) is 11.5 Å². The molecule has 0 bridgehead atoms. The molecule has 0 fully saturated rings. The van der Waals surface area contributed by atoms with Gasteiger partial charge in [-0.2, -0.15) is 0 Å². The first-order valence-electron chi connectivity index (χ1n) is 6.34. The van der Waals surface area contributed by atoms with Crippen molar-refractivity contribution in [1.82, 2.24) is 0 Å². The van der Waals surface area contributed by atoms with Gasteiger partial charge in [-0.1, -0.05) is 15.9 Å². The Kier molecular flexibility index (Phi) is 4.85. The van der Waals surface area contributed by atoms with Crippen molar-refractivity contribution in [1.29, 1.82) is 0 Å². The van der Waals surface area contributed by atoms with Crippen molar-refractivity contribution >= 4 is 27.5 Å². The van der Waals surface area contributed by atoms with Crippen molar-refractivity contribution in [3.63, 3.8) is 0 Å². The molecule has 1 N–H and O–H groups in total. The zero-order chi connectivity index (χ0) is 15.4. The Hall–Kier alpha value is -2.01. The summed E-state index contributed by atoms with van der Waals surface area (Å²) in [5, 5.41) is 2.84. The maximum Gasteiger partial charge on any atom is 0.255 e. The molecule has 0 aromatic heterocycles. The quantitative estimate of drug-likeness (QED) is 0.906. The number of nitrogens with one attached hydrogen (secondary N) is 1. The van der Waals surface area contributed by atoms with E-state index >= 15 is 0 Å². The van der Waals surface area contributed by atoms with Gasteiger partial charge in [0.25, 0.3) is 5.91 Å². The van der Waals surface area contributed by atoms with Crippen LogP contribution in [0.5, 0.6) is 11.5 Å². The number of benzene rings is 2. The molecule has 110 valence electrons. The zero-order valence-corrected chi connectivity index (χ0v) is 13.7. The molecule has 0 saturated heterocycles. The topological polar surface area (TPSA) is 47.6 Å². The number of methoxy groups -OCH3 is 2. The fraction of sp³-hybridized carbons (Fsp3) is 0.188. The van der Waals surface area contributed by atoms with E-state index in [2.05, 4.69) is 21.2 Å². The van der Waals surface area contributed by atoms with E-state index in [0.29, 0.717) is 22.7 Å². The van der Waals surface area contributed by atoms with E-state index < -0.39 is 0 Å². The van der Waals surface area contributed by atoms with Gasteiger partial charge in [0.05, 0.1) is 14.2 Å². The van der Waals surface area contributed by atoms with Gasteiger partial charge in [0.15, 0.2) is 11.5 Å². The number of hydrogen-bond donors (Lipinski definition) is 1. The molecule has 5 heteroatoms. The lowest BCUT2D eigenvalue weighted by atomic mass is 10.1. The lowest BCUT2D eigenvalue weighted by Crippen LogP contribution is -2.12. The molecule has 0 spiro atoms. The molecule has 4 nitrogen and oxygen atoms in total. The third-order valence-corrected chi connectivity index (χ3v) is 3.40. The van der Waals surface area contributed by atoms with Crippen LogP contribution < -0.4 is 14.8 Å². The smallest absolute Gasteiger partial charge is 0.255 e. The van der Waals surface area contributed by atoms with Crippen LogP contribution in [-0.4, -0.2) is 20.1 Å². The Morgan fingerprint density at radius 2 is 1.76 bits per heavy atom. The molecule has 2 aromatic carbocycles. The van der Waals surface area contributed by atoms with E-state index in [0.717, 1.165) is 10.0 Å². The largest absolute Gasteiger partial charge is 0.493 e. The maximum atomic E-state index is 12.3. The molecule has 0 radical (unpaired) electrons. The molecule has 0 aliphatic rings. The van der Waals surface area contributed by atoms with Crippen molar-refractivity contribution in [2.75, 3.05) is 19.5 Å². The van der Waals surface area contributed by atoms with Crippen molar-refractivity contribution in [2.45, 2.75) is 6.92 Å². The van der Waals surface area contributed by atoms with Crippen LogP contribution in [0.15, 0.2) is 40.9 Å². The molecule has 0 heterocycles. The summed E-state index contributed by atoms with van der Waals surface area (Å²) < 4.78 is 11.3. The normalized spacial score (nSPS) is 10.1. The predicted molar refractivity (Wildman–Crippen MR) is 86.4 cm³/mol. The van der Waals surface area contributed by atoms with Gasteiger partial charge < -0.3 is 14.8 Å². The molecule has 0 atom stereocenters. The van der Waals surface area contributed by atoms with Crippen LogP contribution in [-0.2, 0) is 0 Å². The molecule has 0 unspecified atom stereocenters. The van der Waals surface area contributed by atoms with Gasteiger partial charge in [0.1, 0.15) is 0 Å². The Labute approximate surface area is 132 Å². The van der Waals surface area contributed by atoms with Gasteiger partial charge in [0.2, 0.25) is 0 Å². The van der Waals surface area contributed by atoms with Gasteiger partial charge in [-0.05, 0) is 42.8 Å². The first-order chi connectivity index (χ1) is 10.0.